The minimum absolute atomic E-state index is 0.0220. The number of aromatic hydroxyl groups is 1. The number of hydrogen-bond donors (Lipinski definition) is 1. The average Bonchev–Trinajstić information content (AvgIpc) is 2.83. The number of phenols is 1. The van der Waals surface area contributed by atoms with Gasteiger partial charge in [-0.25, -0.2) is 4.68 Å². The van der Waals surface area contributed by atoms with E-state index in [-0.39, 0.29) is 12.3 Å². The van der Waals surface area contributed by atoms with Crippen molar-refractivity contribution in [1.29, 1.82) is 0 Å². The summed E-state index contributed by atoms with van der Waals surface area (Å²) in [5, 5.41) is 21.0. The molecule has 0 radical (unpaired) electrons. The molecule has 1 aromatic carbocycles. The number of hydrogen-bond acceptors (Lipinski definition) is 7. The maximum absolute atomic E-state index is 11.2. The highest BCUT2D eigenvalue weighted by Gasteiger charge is 2.11. The Morgan fingerprint density at radius 2 is 2.37 bits per heavy atom. The summed E-state index contributed by atoms with van der Waals surface area (Å²) in [4.78, 5) is 11.2. The Bertz CT molecular complexity index is 573. The van der Waals surface area contributed by atoms with Crippen LogP contribution in [0.4, 0.5) is 0 Å². The van der Waals surface area contributed by atoms with Crippen LogP contribution in [0.2, 0.25) is 0 Å². The predicted octanol–water partition coefficient (Wildman–Crippen LogP) is 0.844. The molecule has 19 heavy (non-hydrogen) atoms. The van der Waals surface area contributed by atoms with E-state index >= 15 is 0 Å². The van der Waals surface area contributed by atoms with Crippen LogP contribution in [0, 0.1) is 0 Å². The van der Waals surface area contributed by atoms with Crippen LogP contribution in [0.3, 0.4) is 0 Å². The second-order valence-electron chi connectivity index (χ2n) is 3.65. The lowest BCUT2D eigenvalue weighted by Crippen LogP contribution is -2.13. The van der Waals surface area contributed by atoms with Gasteiger partial charge in [-0.1, -0.05) is 23.9 Å². The van der Waals surface area contributed by atoms with Gasteiger partial charge in [0.25, 0.3) is 0 Å². The monoisotopic (exact) mass is 280 g/mol. The molecule has 1 aromatic heterocycles. The summed E-state index contributed by atoms with van der Waals surface area (Å²) < 4.78 is 5.93. The number of carbonyl (C=O) groups is 1. The Morgan fingerprint density at radius 3 is 3.11 bits per heavy atom. The van der Waals surface area contributed by atoms with Gasteiger partial charge in [0, 0.05) is 5.75 Å². The highest BCUT2D eigenvalue weighted by Crippen LogP contribution is 2.21. The van der Waals surface area contributed by atoms with Gasteiger partial charge >= 0.3 is 5.97 Å². The summed E-state index contributed by atoms with van der Waals surface area (Å²) in [6.45, 7) is -0.0220. The third-order valence-corrected chi connectivity index (χ3v) is 3.31. The first-order chi connectivity index (χ1) is 9.19. The molecule has 2 rings (SSSR count). The van der Waals surface area contributed by atoms with Gasteiger partial charge in [-0.15, -0.1) is 5.10 Å². The molecule has 0 saturated carbocycles. The molecule has 1 heterocycles. The van der Waals surface area contributed by atoms with Gasteiger partial charge in [-0.2, -0.15) is 0 Å². The molecule has 0 aliphatic heterocycles. The number of benzene rings is 1. The van der Waals surface area contributed by atoms with Crippen molar-refractivity contribution in [2.75, 3.05) is 7.11 Å². The first-order valence-electron chi connectivity index (χ1n) is 5.42. The molecular formula is C11H12N4O3S. The van der Waals surface area contributed by atoms with Crippen LogP contribution in [-0.4, -0.2) is 38.4 Å². The maximum atomic E-state index is 11.2. The van der Waals surface area contributed by atoms with E-state index < -0.39 is 5.97 Å². The van der Waals surface area contributed by atoms with Gasteiger partial charge in [0.05, 0.1) is 7.11 Å². The molecule has 0 aliphatic carbocycles. The molecule has 1 N–H and O–H groups in total. The largest absolute Gasteiger partial charge is 0.508 e. The molecule has 0 saturated heterocycles. The molecular weight excluding hydrogens is 268 g/mol. The first-order valence-corrected chi connectivity index (χ1v) is 6.41. The van der Waals surface area contributed by atoms with E-state index in [4.69, 9.17) is 0 Å². The molecule has 0 spiro atoms. The highest BCUT2D eigenvalue weighted by molar-refractivity contribution is 7.98. The van der Waals surface area contributed by atoms with E-state index in [1.807, 2.05) is 6.07 Å². The van der Waals surface area contributed by atoms with E-state index in [2.05, 4.69) is 20.3 Å². The van der Waals surface area contributed by atoms with Crippen molar-refractivity contribution in [2.24, 2.45) is 0 Å². The molecule has 0 aliphatic rings. The minimum Gasteiger partial charge on any atom is -0.508 e. The normalized spacial score (nSPS) is 10.4. The Labute approximate surface area is 113 Å². The van der Waals surface area contributed by atoms with Crippen molar-refractivity contribution < 1.29 is 14.6 Å². The minimum atomic E-state index is -0.411. The van der Waals surface area contributed by atoms with Crippen molar-refractivity contribution in [2.45, 2.75) is 17.5 Å². The van der Waals surface area contributed by atoms with Crippen LogP contribution in [0.15, 0.2) is 29.4 Å². The number of esters is 1. The summed E-state index contributed by atoms with van der Waals surface area (Å²) in [5.74, 6) is 0.398. The van der Waals surface area contributed by atoms with Gasteiger partial charge < -0.3 is 9.84 Å². The van der Waals surface area contributed by atoms with Crippen LogP contribution >= 0.6 is 11.8 Å². The molecule has 100 valence electrons. The van der Waals surface area contributed by atoms with E-state index in [0.29, 0.717) is 10.9 Å². The average molecular weight is 280 g/mol. The lowest BCUT2D eigenvalue weighted by molar-refractivity contribution is -0.141. The Hall–Kier alpha value is -2.09. The molecule has 7 nitrogen and oxygen atoms in total. The summed E-state index contributed by atoms with van der Waals surface area (Å²) in [6.07, 6.45) is 0. The number of phenolic OH excluding ortho intramolecular Hbond substituents is 1. The SMILES string of the molecule is COC(=O)Cn1nnnc1SCc1cccc(O)c1. The summed E-state index contributed by atoms with van der Waals surface area (Å²) in [6, 6.07) is 6.93. The molecule has 8 heteroatoms. The van der Waals surface area contributed by atoms with Crippen LogP contribution in [0.25, 0.3) is 0 Å². The Balaban J connectivity index is 2.00. The first kappa shape index (κ1) is 13.3. The number of rotatable bonds is 5. The maximum Gasteiger partial charge on any atom is 0.327 e. The topological polar surface area (TPSA) is 90.1 Å². The van der Waals surface area contributed by atoms with Crippen LogP contribution in [0.1, 0.15) is 5.56 Å². The molecule has 0 fully saturated rings. The summed E-state index contributed by atoms with van der Waals surface area (Å²) in [7, 11) is 1.31. The number of aromatic nitrogens is 4. The molecule has 0 atom stereocenters. The van der Waals surface area contributed by atoms with Gasteiger partial charge in [0.15, 0.2) is 0 Å². The van der Waals surface area contributed by atoms with Crippen molar-refractivity contribution in [3.8, 4) is 5.75 Å². The summed E-state index contributed by atoms with van der Waals surface area (Å²) >= 11 is 1.38. The standard InChI is InChI=1S/C11H12N4O3S/c1-18-10(17)6-15-11(12-13-14-15)19-7-8-3-2-4-9(16)5-8/h2-5,16H,6-7H2,1H3. The van der Waals surface area contributed by atoms with Gasteiger partial charge in [-0.05, 0) is 28.1 Å². The van der Waals surface area contributed by atoms with E-state index in [0.717, 1.165) is 5.56 Å². The predicted molar refractivity (Wildman–Crippen MR) is 67.5 cm³/mol. The lowest BCUT2D eigenvalue weighted by Gasteiger charge is -2.03. The zero-order chi connectivity index (χ0) is 13.7. The molecule has 0 bridgehead atoms. The molecule has 0 amide bonds. The number of carbonyl (C=O) groups excluding carboxylic acids is 1. The summed E-state index contributed by atoms with van der Waals surface area (Å²) in [5.41, 5.74) is 0.942. The second-order valence-corrected chi connectivity index (χ2v) is 4.60. The fraction of sp³-hybridized carbons (Fsp3) is 0.273. The zero-order valence-corrected chi connectivity index (χ0v) is 11.0. The number of tetrazole rings is 1. The van der Waals surface area contributed by atoms with Crippen LogP contribution in [-0.2, 0) is 21.8 Å². The Morgan fingerprint density at radius 1 is 1.53 bits per heavy atom. The number of ether oxygens (including phenoxy) is 1. The smallest absolute Gasteiger partial charge is 0.327 e. The van der Waals surface area contributed by atoms with Crippen LogP contribution in [0.5, 0.6) is 5.75 Å². The van der Waals surface area contributed by atoms with E-state index in [1.54, 1.807) is 18.2 Å². The van der Waals surface area contributed by atoms with Crippen LogP contribution < -0.4 is 0 Å². The lowest BCUT2D eigenvalue weighted by atomic mass is 10.2. The van der Waals surface area contributed by atoms with E-state index in [9.17, 15) is 9.90 Å². The number of nitrogens with zero attached hydrogens (tertiary/aromatic N) is 4. The third-order valence-electron chi connectivity index (χ3n) is 2.28. The van der Waals surface area contributed by atoms with E-state index in [1.165, 1.54) is 23.6 Å². The van der Waals surface area contributed by atoms with Gasteiger partial charge in [0.2, 0.25) is 5.16 Å². The quantitative estimate of drug-likeness (QED) is 0.641. The van der Waals surface area contributed by atoms with Crippen molar-refractivity contribution >= 4 is 17.7 Å². The molecule has 2 aromatic rings. The fourth-order valence-electron chi connectivity index (χ4n) is 1.38. The van der Waals surface area contributed by atoms with Crippen molar-refractivity contribution in [1.82, 2.24) is 20.2 Å². The third kappa shape index (κ3) is 3.68. The second kappa shape index (κ2) is 6.19. The van der Waals surface area contributed by atoms with Crippen molar-refractivity contribution in [3.63, 3.8) is 0 Å². The van der Waals surface area contributed by atoms with Gasteiger partial charge in [-0.3, -0.25) is 4.79 Å². The molecule has 0 unspecified atom stereocenters. The Kier molecular flexibility index (Phi) is 4.35. The van der Waals surface area contributed by atoms with Gasteiger partial charge in [0.1, 0.15) is 12.3 Å². The fourth-order valence-corrected chi connectivity index (χ4v) is 2.20. The zero-order valence-electron chi connectivity index (χ0n) is 10.2. The highest BCUT2D eigenvalue weighted by atomic mass is 32.2. The van der Waals surface area contributed by atoms with Crippen molar-refractivity contribution in [3.05, 3.63) is 29.8 Å². The number of thioether (sulfide) groups is 1. The number of methoxy groups -OCH3 is 1.